The summed E-state index contributed by atoms with van der Waals surface area (Å²) in [6, 6.07) is 5.24. The molecule has 15 heavy (non-hydrogen) atoms. The number of halogens is 1. The van der Waals surface area contributed by atoms with E-state index >= 15 is 0 Å². The predicted octanol–water partition coefficient (Wildman–Crippen LogP) is 3.01. The normalized spacial score (nSPS) is 9.47. The van der Waals surface area contributed by atoms with Crippen molar-refractivity contribution in [2.75, 3.05) is 13.2 Å². The van der Waals surface area contributed by atoms with Gasteiger partial charge in [0, 0.05) is 11.1 Å². The Morgan fingerprint density at radius 1 is 1.27 bits per heavy atom. The smallest absolute Gasteiger partial charge is 0.179 e. The van der Waals surface area contributed by atoms with Crippen LogP contribution < -0.4 is 9.47 Å². The minimum atomic E-state index is 0.396. The van der Waals surface area contributed by atoms with Crippen molar-refractivity contribution in [2.24, 2.45) is 0 Å². The molecule has 4 heteroatoms. The van der Waals surface area contributed by atoms with E-state index in [4.69, 9.17) is 26.3 Å². The zero-order chi connectivity index (χ0) is 11.3. The highest BCUT2D eigenvalue weighted by molar-refractivity contribution is 6.30. The molecule has 3 nitrogen and oxygen atoms in total. The summed E-state index contributed by atoms with van der Waals surface area (Å²) in [5, 5.41) is 9.39. The number of rotatable bonds is 4. The van der Waals surface area contributed by atoms with Gasteiger partial charge in [0.25, 0.3) is 0 Å². The van der Waals surface area contributed by atoms with E-state index in [1.54, 1.807) is 12.1 Å². The first-order valence-electron chi connectivity index (χ1n) is 4.72. The summed E-state index contributed by atoms with van der Waals surface area (Å²) in [5.74, 6) is 0.981. The summed E-state index contributed by atoms with van der Waals surface area (Å²) in [7, 11) is 0. The van der Waals surface area contributed by atoms with Crippen LogP contribution in [0.3, 0.4) is 0 Å². The quantitative estimate of drug-likeness (QED) is 0.791. The van der Waals surface area contributed by atoms with E-state index in [-0.39, 0.29) is 0 Å². The third-order valence-electron chi connectivity index (χ3n) is 1.73. The van der Waals surface area contributed by atoms with Crippen molar-refractivity contribution in [3.05, 3.63) is 22.7 Å². The van der Waals surface area contributed by atoms with Gasteiger partial charge in [-0.25, -0.2) is 0 Å². The second kappa shape index (κ2) is 5.47. The van der Waals surface area contributed by atoms with E-state index < -0.39 is 0 Å². The van der Waals surface area contributed by atoms with E-state index in [1.165, 1.54) is 0 Å². The Morgan fingerprint density at radius 2 is 1.93 bits per heavy atom. The molecule has 1 aromatic rings. The molecule has 0 saturated carbocycles. The number of hydrogen-bond donors (Lipinski definition) is 0. The van der Waals surface area contributed by atoms with Crippen molar-refractivity contribution in [2.45, 2.75) is 13.8 Å². The van der Waals surface area contributed by atoms with Gasteiger partial charge in [-0.2, -0.15) is 5.26 Å². The van der Waals surface area contributed by atoms with Crippen molar-refractivity contribution < 1.29 is 9.47 Å². The van der Waals surface area contributed by atoms with E-state index in [9.17, 15) is 0 Å². The highest BCUT2D eigenvalue weighted by Gasteiger charge is 2.12. The summed E-state index contributed by atoms with van der Waals surface area (Å²) >= 11 is 5.85. The Hall–Kier alpha value is -1.40. The number of ether oxygens (including phenoxy) is 2. The molecular weight excluding hydrogens is 214 g/mol. The summed E-state index contributed by atoms with van der Waals surface area (Å²) in [5.41, 5.74) is 0.396. The molecule has 0 saturated heterocycles. The molecule has 0 atom stereocenters. The fourth-order valence-corrected chi connectivity index (χ4v) is 1.42. The van der Waals surface area contributed by atoms with Crippen molar-refractivity contribution in [1.29, 1.82) is 5.26 Å². The second-order valence-electron chi connectivity index (χ2n) is 2.76. The fraction of sp³-hybridized carbons (Fsp3) is 0.364. The van der Waals surface area contributed by atoms with Crippen LogP contribution in [0, 0.1) is 11.3 Å². The maximum Gasteiger partial charge on any atom is 0.179 e. The van der Waals surface area contributed by atoms with Gasteiger partial charge in [-0.15, -0.1) is 0 Å². The minimum absolute atomic E-state index is 0.396. The Balaban J connectivity index is 3.21. The average Bonchev–Trinajstić information content (AvgIpc) is 2.22. The van der Waals surface area contributed by atoms with Crippen LogP contribution in [-0.4, -0.2) is 13.2 Å². The van der Waals surface area contributed by atoms with Crippen molar-refractivity contribution in [3.8, 4) is 17.6 Å². The van der Waals surface area contributed by atoms with Gasteiger partial charge in [0.05, 0.1) is 18.8 Å². The summed E-state index contributed by atoms with van der Waals surface area (Å²) in [4.78, 5) is 0. The zero-order valence-corrected chi connectivity index (χ0v) is 9.47. The predicted molar refractivity (Wildman–Crippen MR) is 58.5 cm³/mol. The molecule has 0 N–H and O–H groups in total. The first kappa shape index (κ1) is 11.7. The van der Waals surface area contributed by atoms with Gasteiger partial charge in [0.15, 0.2) is 11.5 Å². The van der Waals surface area contributed by atoms with Crippen molar-refractivity contribution in [1.82, 2.24) is 0 Å². The standard InChI is InChI=1S/C11H12ClNO2/c1-3-14-10-6-9(12)5-8(7-13)11(10)15-4-2/h5-6H,3-4H2,1-2H3. The Bertz CT molecular complexity index is 385. The van der Waals surface area contributed by atoms with Crippen LogP contribution in [0.4, 0.5) is 0 Å². The first-order chi connectivity index (χ1) is 7.22. The molecule has 0 aromatic heterocycles. The van der Waals surface area contributed by atoms with Gasteiger partial charge >= 0.3 is 0 Å². The highest BCUT2D eigenvalue weighted by Crippen LogP contribution is 2.34. The van der Waals surface area contributed by atoms with Crippen LogP contribution in [0.1, 0.15) is 19.4 Å². The van der Waals surface area contributed by atoms with E-state index in [0.717, 1.165) is 0 Å². The third-order valence-corrected chi connectivity index (χ3v) is 1.95. The van der Waals surface area contributed by atoms with Gasteiger partial charge < -0.3 is 9.47 Å². The van der Waals surface area contributed by atoms with Gasteiger partial charge in [0.2, 0.25) is 0 Å². The zero-order valence-electron chi connectivity index (χ0n) is 8.71. The van der Waals surface area contributed by atoms with E-state index in [2.05, 4.69) is 0 Å². The van der Waals surface area contributed by atoms with Crippen LogP contribution in [-0.2, 0) is 0 Å². The molecule has 0 spiro atoms. The second-order valence-corrected chi connectivity index (χ2v) is 3.19. The molecule has 0 amide bonds. The van der Waals surface area contributed by atoms with Crippen LogP contribution in [0.5, 0.6) is 11.5 Å². The molecule has 0 radical (unpaired) electrons. The van der Waals surface area contributed by atoms with Crippen molar-refractivity contribution in [3.63, 3.8) is 0 Å². The lowest BCUT2D eigenvalue weighted by Gasteiger charge is -2.12. The van der Waals surface area contributed by atoms with E-state index in [0.29, 0.717) is 35.3 Å². The molecule has 0 bridgehead atoms. The summed E-state index contributed by atoms with van der Waals surface area (Å²) in [6.45, 7) is 4.70. The van der Waals surface area contributed by atoms with Crippen LogP contribution in [0.25, 0.3) is 0 Å². The Kier molecular flexibility index (Phi) is 4.26. The molecule has 0 aliphatic rings. The van der Waals surface area contributed by atoms with E-state index in [1.807, 2.05) is 19.9 Å². The summed E-state index contributed by atoms with van der Waals surface area (Å²) < 4.78 is 10.7. The number of nitrogens with zero attached hydrogens (tertiary/aromatic N) is 1. The number of nitriles is 1. The lowest BCUT2D eigenvalue weighted by atomic mass is 10.2. The molecule has 0 fully saturated rings. The monoisotopic (exact) mass is 225 g/mol. The van der Waals surface area contributed by atoms with Crippen LogP contribution >= 0.6 is 11.6 Å². The van der Waals surface area contributed by atoms with Crippen LogP contribution in [0.15, 0.2) is 12.1 Å². The SMILES string of the molecule is CCOc1cc(Cl)cc(C#N)c1OCC. The van der Waals surface area contributed by atoms with Crippen molar-refractivity contribution >= 4 is 11.6 Å². The molecule has 0 aliphatic heterocycles. The lowest BCUT2D eigenvalue weighted by molar-refractivity contribution is 0.287. The van der Waals surface area contributed by atoms with Gasteiger partial charge in [0.1, 0.15) is 6.07 Å². The lowest BCUT2D eigenvalue weighted by Crippen LogP contribution is -2.00. The first-order valence-corrected chi connectivity index (χ1v) is 5.10. The number of hydrogen-bond acceptors (Lipinski definition) is 3. The van der Waals surface area contributed by atoms with Gasteiger partial charge in [-0.05, 0) is 19.9 Å². The maximum atomic E-state index is 8.92. The third kappa shape index (κ3) is 2.77. The molecule has 0 aliphatic carbocycles. The molecule has 1 aromatic carbocycles. The molecule has 1 rings (SSSR count). The maximum absolute atomic E-state index is 8.92. The number of benzene rings is 1. The van der Waals surface area contributed by atoms with Crippen LogP contribution in [0.2, 0.25) is 5.02 Å². The largest absolute Gasteiger partial charge is 0.490 e. The topological polar surface area (TPSA) is 42.2 Å². The summed E-state index contributed by atoms with van der Waals surface area (Å²) in [6.07, 6.45) is 0. The molecule has 0 heterocycles. The minimum Gasteiger partial charge on any atom is -0.490 e. The van der Waals surface area contributed by atoms with Gasteiger partial charge in [-0.3, -0.25) is 0 Å². The molecular formula is C11H12ClNO2. The van der Waals surface area contributed by atoms with Gasteiger partial charge in [-0.1, -0.05) is 11.6 Å². The fourth-order valence-electron chi connectivity index (χ4n) is 1.21. The highest BCUT2D eigenvalue weighted by atomic mass is 35.5. The Labute approximate surface area is 94.2 Å². The Morgan fingerprint density at radius 3 is 2.47 bits per heavy atom. The molecule has 80 valence electrons. The average molecular weight is 226 g/mol. The molecule has 0 unspecified atom stereocenters.